The summed E-state index contributed by atoms with van der Waals surface area (Å²) in [5, 5.41) is 23.8. The van der Waals surface area contributed by atoms with Gasteiger partial charge < -0.3 is 10.4 Å². The number of hydrogen-bond acceptors (Lipinski definition) is 5. The average molecular weight is 316 g/mol. The molecule has 0 aliphatic carbocycles. The van der Waals surface area contributed by atoms with Crippen molar-refractivity contribution < 1.29 is 9.90 Å². The quantitative estimate of drug-likeness (QED) is 0.852. The first-order valence-electron chi connectivity index (χ1n) is 5.66. The van der Waals surface area contributed by atoms with E-state index in [1.807, 2.05) is 0 Å². The Balaban J connectivity index is 1.88. The third kappa shape index (κ3) is 4.16. The number of aliphatic hydroxyl groups excluding tert-OH is 1. The van der Waals surface area contributed by atoms with Crippen LogP contribution >= 0.6 is 23.2 Å². The smallest absolute Gasteiger partial charge is 0.241 e. The van der Waals surface area contributed by atoms with Gasteiger partial charge in [0.05, 0.1) is 6.10 Å². The molecule has 0 spiro atoms. The van der Waals surface area contributed by atoms with Crippen molar-refractivity contribution in [2.75, 3.05) is 6.54 Å². The van der Waals surface area contributed by atoms with Crippen LogP contribution in [0.25, 0.3) is 0 Å². The highest BCUT2D eigenvalue weighted by molar-refractivity contribution is 6.34. The lowest BCUT2D eigenvalue weighted by Crippen LogP contribution is -2.31. The number of aliphatic hydroxyl groups is 1. The Bertz CT molecular complexity index is 570. The third-order valence-corrected chi connectivity index (χ3v) is 2.90. The number of tetrazole rings is 1. The van der Waals surface area contributed by atoms with Gasteiger partial charge in [-0.3, -0.25) is 4.79 Å². The molecule has 0 aliphatic rings. The molecule has 106 valence electrons. The van der Waals surface area contributed by atoms with Crippen molar-refractivity contribution in [3.8, 4) is 0 Å². The van der Waals surface area contributed by atoms with Crippen LogP contribution in [0.2, 0.25) is 10.0 Å². The van der Waals surface area contributed by atoms with Crippen LogP contribution in [0, 0.1) is 0 Å². The van der Waals surface area contributed by atoms with E-state index in [9.17, 15) is 9.90 Å². The highest BCUT2D eigenvalue weighted by Gasteiger charge is 2.11. The van der Waals surface area contributed by atoms with Crippen LogP contribution in [-0.4, -0.2) is 37.8 Å². The Morgan fingerprint density at radius 2 is 2.05 bits per heavy atom. The van der Waals surface area contributed by atoms with Crippen molar-refractivity contribution in [1.82, 2.24) is 25.5 Å². The maximum Gasteiger partial charge on any atom is 0.241 e. The van der Waals surface area contributed by atoms with Crippen LogP contribution in [0.15, 0.2) is 24.5 Å². The zero-order valence-corrected chi connectivity index (χ0v) is 11.7. The van der Waals surface area contributed by atoms with E-state index in [1.165, 1.54) is 11.0 Å². The number of halogens is 2. The minimum Gasteiger partial charge on any atom is -0.387 e. The van der Waals surface area contributed by atoms with Gasteiger partial charge in [0.2, 0.25) is 5.91 Å². The number of nitrogens with zero attached hydrogens (tertiary/aromatic N) is 4. The molecule has 2 rings (SSSR count). The number of aromatic nitrogens is 4. The Morgan fingerprint density at radius 3 is 2.65 bits per heavy atom. The molecule has 0 unspecified atom stereocenters. The molecule has 1 aromatic carbocycles. The summed E-state index contributed by atoms with van der Waals surface area (Å²) >= 11 is 11.7. The van der Waals surface area contributed by atoms with Crippen LogP contribution in [0.5, 0.6) is 0 Å². The highest BCUT2D eigenvalue weighted by Crippen LogP contribution is 2.23. The number of carbonyl (C=O) groups excluding carboxylic acids is 1. The number of rotatable bonds is 5. The molecule has 20 heavy (non-hydrogen) atoms. The second-order valence-corrected chi connectivity index (χ2v) is 4.90. The molecule has 7 nitrogen and oxygen atoms in total. The van der Waals surface area contributed by atoms with Crippen LogP contribution < -0.4 is 5.32 Å². The summed E-state index contributed by atoms with van der Waals surface area (Å²) in [6.45, 7) is 0.0215. The van der Waals surface area contributed by atoms with Crippen molar-refractivity contribution in [3.63, 3.8) is 0 Å². The van der Waals surface area contributed by atoms with Crippen LogP contribution in [0.1, 0.15) is 11.7 Å². The molecular weight excluding hydrogens is 305 g/mol. The first kappa shape index (κ1) is 14.7. The summed E-state index contributed by atoms with van der Waals surface area (Å²) in [4.78, 5) is 11.6. The van der Waals surface area contributed by atoms with Gasteiger partial charge in [0.15, 0.2) is 0 Å². The molecule has 9 heteroatoms. The lowest BCUT2D eigenvalue weighted by atomic mass is 10.1. The molecule has 1 atom stereocenters. The van der Waals surface area contributed by atoms with Crippen molar-refractivity contribution in [1.29, 1.82) is 0 Å². The van der Waals surface area contributed by atoms with Crippen LogP contribution in [-0.2, 0) is 11.3 Å². The Labute approximate surface area is 124 Å². The maximum absolute atomic E-state index is 11.6. The lowest BCUT2D eigenvalue weighted by molar-refractivity contribution is -0.122. The van der Waals surface area contributed by atoms with Gasteiger partial charge in [0.25, 0.3) is 0 Å². The fourth-order valence-corrected chi connectivity index (χ4v) is 2.09. The Hall–Kier alpha value is -1.70. The fourth-order valence-electron chi connectivity index (χ4n) is 1.55. The summed E-state index contributed by atoms with van der Waals surface area (Å²) in [6.07, 6.45) is 0.427. The molecule has 0 saturated carbocycles. The third-order valence-electron chi connectivity index (χ3n) is 2.46. The second kappa shape index (κ2) is 6.65. The molecule has 1 aromatic heterocycles. The van der Waals surface area contributed by atoms with Gasteiger partial charge >= 0.3 is 0 Å². The SMILES string of the molecule is O=C(Cn1cnnn1)NC[C@H](O)c1cc(Cl)cc(Cl)c1. The van der Waals surface area contributed by atoms with Crippen molar-refractivity contribution in [2.45, 2.75) is 12.6 Å². The van der Waals surface area contributed by atoms with E-state index in [-0.39, 0.29) is 19.0 Å². The zero-order chi connectivity index (χ0) is 14.5. The second-order valence-electron chi connectivity index (χ2n) is 4.03. The Kier molecular flexibility index (Phi) is 4.89. The average Bonchev–Trinajstić information content (AvgIpc) is 2.87. The van der Waals surface area contributed by atoms with Gasteiger partial charge in [-0.1, -0.05) is 23.2 Å². The molecule has 0 saturated heterocycles. The highest BCUT2D eigenvalue weighted by atomic mass is 35.5. The maximum atomic E-state index is 11.6. The predicted octanol–water partition coefficient (Wildman–Crippen LogP) is 0.830. The van der Waals surface area contributed by atoms with Gasteiger partial charge in [-0.25, -0.2) is 4.68 Å². The summed E-state index contributed by atoms with van der Waals surface area (Å²) in [5.74, 6) is -0.315. The summed E-state index contributed by atoms with van der Waals surface area (Å²) in [7, 11) is 0. The lowest BCUT2D eigenvalue weighted by Gasteiger charge is -2.13. The van der Waals surface area contributed by atoms with E-state index in [2.05, 4.69) is 20.8 Å². The molecule has 2 N–H and O–H groups in total. The first-order chi connectivity index (χ1) is 9.54. The number of benzene rings is 1. The minimum atomic E-state index is -0.899. The van der Waals surface area contributed by atoms with Crippen LogP contribution in [0.3, 0.4) is 0 Å². The predicted molar refractivity (Wildman–Crippen MR) is 72.2 cm³/mol. The van der Waals surface area contributed by atoms with E-state index in [0.717, 1.165) is 0 Å². The molecule has 0 bridgehead atoms. The van der Waals surface area contributed by atoms with E-state index in [1.54, 1.807) is 18.2 Å². The minimum absolute atomic E-state index is 0.0178. The number of amides is 1. The van der Waals surface area contributed by atoms with E-state index in [4.69, 9.17) is 23.2 Å². The van der Waals surface area contributed by atoms with Gasteiger partial charge in [-0.15, -0.1) is 5.10 Å². The van der Waals surface area contributed by atoms with E-state index in [0.29, 0.717) is 15.6 Å². The number of hydrogen-bond donors (Lipinski definition) is 2. The molecule has 2 aromatic rings. The molecule has 1 amide bonds. The first-order valence-corrected chi connectivity index (χ1v) is 6.41. The number of carbonyl (C=O) groups is 1. The van der Waals surface area contributed by atoms with E-state index < -0.39 is 6.10 Å². The summed E-state index contributed by atoms with van der Waals surface area (Å²) in [5.41, 5.74) is 0.533. The number of nitrogens with one attached hydrogen (secondary N) is 1. The normalized spacial score (nSPS) is 12.2. The molecule has 0 radical (unpaired) electrons. The van der Waals surface area contributed by atoms with Gasteiger partial charge in [0, 0.05) is 16.6 Å². The molecular formula is C11H11Cl2N5O2. The van der Waals surface area contributed by atoms with Gasteiger partial charge in [0.1, 0.15) is 12.9 Å². The molecule has 0 aliphatic heterocycles. The van der Waals surface area contributed by atoms with E-state index >= 15 is 0 Å². The zero-order valence-electron chi connectivity index (χ0n) is 10.2. The summed E-state index contributed by atoms with van der Waals surface area (Å²) in [6, 6.07) is 4.74. The molecule has 0 fully saturated rings. The van der Waals surface area contributed by atoms with Crippen molar-refractivity contribution >= 4 is 29.1 Å². The monoisotopic (exact) mass is 315 g/mol. The van der Waals surface area contributed by atoms with Crippen LogP contribution in [0.4, 0.5) is 0 Å². The topological polar surface area (TPSA) is 92.9 Å². The standard InChI is InChI=1S/C11H11Cl2N5O2/c12-8-1-7(2-9(13)3-8)10(19)4-14-11(20)5-18-6-15-16-17-18/h1-3,6,10,19H,4-5H2,(H,14,20)/t10-/m0/s1. The molecule has 1 heterocycles. The fraction of sp³-hybridized carbons (Fsp3) is 0.273. The van der Waals surface area contributed by atoms with Crippen molar-refractivity contribution in [3.05, 3.63) is 40.1 Å². The Morgan fingerprint density at radius 1 is 1.35 bits per heavy atom. The van der Waals surface area contributed by atoms with Gasteiger partial charge in [-0.05, 0) is 34.2 Å². The summed E-state index contributed by atoms with van der Waals surface area (Å²) < 4.78 is 1.28. The largest absolute Gasteiger partial charge is 0.387 e. The van der Waals surface area contributed by atoms with Crippen molar-refractivity contribution in [2.24, 2.45) is 0 Å². The van der Waals surface area contributed by atoms with Gasteiger partial charge in [-0.2, -0.15) is 0 Å².